The Morgan fingerprint density at radius 2 is 2.05 bits per heavy atom. The molecule has 0 unspecified atom stereocenters. The van der Waals surface area contributed by atoms with Crippen LogP contribution >= 0.6 is 11.6 Å². The van der Waals surface area contributed by atoms with Crippen LogP contribution in [0.15, 0.2) is 18.2 Å². The number of amides is 1. The third kappa shape index (κ3) is 3.93. The van der Waals surface area contributed by atoms with E-state index in [1.807, 2.05) is 0 Å². The number of carbonyl (C=O) groups excluding carboxylic acids is 1. The highest BCUT2D eigenvalue weighted by Crippen LogP contribution is 2.29. The smallest absolute Gasteiger partial charge is 0.289 e. The first-order valence-electron chi connectivity index (χ1n) is 6.80. The van der Waals surface area contributed by atoms with E-state index in [1.54, 1.807) is 6.07 Å². The topological polar surface area (TPSA) is 72.2 Å². The molecule has 1 aromatic rings. The van der Waals surface area contributed by atoms with Crippen molar-refractivity contribution in [1.82, 2.24) is 0 Å². The molecule has 6 heteroatoms. The molecule has 0 aromatic heterocycles. The number of rotatable bonds is 4. The fourth-order valence-electron chi connectivity index (χ4n) is 2.60. The largest absolute Gasteiger partial charge is 0.326 e. The monoisotopic (exact) mass is 296 g/mol. The van der Waals surface area contributed by atoms with E-state index in [1.165, 1.54) is 31.4 Å². The van der Waals surface area contributed by atoms with Gasteiger partial charge in [0.15, 0.2) is 0 Å². The molecular formula is C14H17ClN2O3. The third-order valence-corrected chi connectivity index (χ3v) is 3.95. The lowest BCUT2D eigenvalue weighted by molar-refractivity contribution is -0.384. The lowest BCUT2D eigenvalue weighted by Crippen LogP contribution is -2.18. The Balaban J connectivity index is 1.96. The standard InChI is InChI=1S/C14H17ClN2O3/c15-12-7-6-11(9-13(12)17(19)20)16-14(18)8-10-4-2-1-3-5-10/h6-7,9-10H,1-5,8H2,(H,16,18). The van der Waals surface area contributed by atoms with E-state index >= 15 is 0 Å². The summed E-state index contributed by atoms with van der Waals surface area (Å²) in [5.74, 6) is 0.347. The van der Waals surface area contributed by atoms with Crippen LogP contribution in [0.5, 0.6) is 0 Å². The average Bonchev–Trinajstić information content (AvgIpc) is 2.41. The molecule has 20 heavy (non-hydrogen) atoms. The minimum atomic E-state index is -0.556. The van der Waals surface area contributed by atoms with E-state index in [9.17, 15) is 14.9 Å². The van der Waals surface area contributed by atoms with Crippen LogP contribution < -0.4 is 5.32 Å². The molecule has 1 N–H and O–H groups in total. The Morgan fingerprint density at radius 3 is 2.70 bits per heavy atom. The van der Waals surface area contributed by atoms with Crippen molar-refractivity contribution >= 4 is 28.9 Å². The summed E-state index contributed by atoms with van der Waals surface area (Å²) in [5.41, 5.74) is 0.226. The molecule has 1 aromatic carbocycles. The summed E-state index contributed by atoms with van der Waals surface area (Å²) in [6.07, 6.45) is 6.29. The molecule has 0 bridgehead atoms. The summed E-state index contributed by atoms with van der Waals surface area (Å²) in [4.78, 5) is 22.2. The Morgan fingerprint density at radius 1 is 1.35 bits per heavy atom. The highest BCUT2D eigenvalue weighted by Gasteiger charge is 2.18. The third-order valence-electron chi connectivity index (χ3n) is 3.63. The maximum Gasteiger partial charge on any atom is 0.289 e. The quantitative estimate of drug-likeness (QED) is 0.670. The SMILES string of the molecule is O=C(CC1CCCCC1)Nc1ccc(Cl)c([N+](=O)[O-])c1. The summed E-state index contributed by atoms with van der Waals surface area (Å²) in [7, 11) is 0. The van der Waals surface area contributed by atoms with Crippen LogP contribution in [0.2, 0.25) is 5.02 Å². The van der Waals surface area contributed by atoms with Crippen molar-refractivity contribution in [2.24, 2.45) is 5.92 Å². The van der Waals surface area contributed by atoms with Crippen LogP contribution in [0.1, 0.15) is 38.5 Å². The number of anilines is 1. The number of benzene rings is 1. The number of hydrogen-bond acceptors (Lipinski definition) is 3. The lowest BCUT2D eigenvalue weighted by atomic mass is 9.87. The van der Waals surface area contributed by atoms with Crippen LogP contribution in [0.4, 0.5) is 11.4 Å². The highest BCUT2D eigenvalue weighted by atomic mass is 35.5. The van der Waals surface area contributed by atoms with Crippen LogP contribution in [0, 0.1) is 16.0 Å². The number of nitro groups is 1. The minimum Gasteiger partial charge on any atom is -0.326 e. The van der Waals surface area contributed by atoms with Crippen LogP contribution in [-0.2, 0) is 4.79 Å². The fourth-order valence-corrected chi connectivity index (χ4v) is 2.78. The van der Waals surface area contributed by atoms with E-state index in [-0.39, 0.29) is 16.6 Å². The van der Waals surface area contributed by atoms with Crippen molar-refractivity contribution in [2.45, 2.75) is 38.5 Å². The first-order valence-corrected chi connectivity index (χ1v) is 7.18. The van der Waals surface area contributed by atoms with E-state index in [0.29, 0.717) is 18.0 Å². The van der Waals surface area contributed by atoms with Crippen molar-refractivity contribution in [3.05, 3.63) is 33.3 Å². The van der Waals surface area contributed by atoms with E-state index in [4.69, 9.17) is 11.6 Å². The molecule has 0 saturated heterocycles. The number of hydrogen-bond donors (Lipinski definition) is 1. The number of halogens is 1. The molecule has 0 heterocycles. The number of nitrogens with one attached hydrogen (secondary N) is 1. The molecule has 5 nitrogen and oxygen atoms in total. The second-order valence-corrected chi connectivity index (χ2v) is 5.59. The number of carbonyl (C=O) groups is 1. The van der Waals surface area contributed by atoms with Gasteiger partial charge >= 0.3 is 0 Å². The summed E-state index contributed by atoms with van der Waals surface area (Å²) >= 11 is 5.73. The summed E-state index contributed by atoms with van der Waals surface area (Å²) in [6, 6.07) is 4.30. The molecule has 2 rings (SSSR count). The molecule has 1 saturated carbocycles. The van der Waals surface area contributed by atoms with Crippen LogP contribution in [0.3, 0.4) is 0 Å². The molecule has 1 aliphatic carbocycles. The molecular weight excluding hydrogens is 280 g/mol. The maximum absolute atomic E-state index is 11.9. The Labute approximate surface area is 122 Å². The summed E-state index contributed by atoms with van der Waals surface area (Å²) < 4.78 is 0. The maximum atomic E-state index is 11.9. The van der Waals surface area contributed by atoms with Crippen molar-refractivity contribution in [1.29, 1.82) is 0 Å². The van der Waals surface area contributed by atoms with Gasteiger partial charge in [0.2, 0.25) is 5.91 Å². The fraction of sp³-hybridized carbons (Fsp3) is 0.500. The normalized spacial score (nSPS) is 15.8. The molecule has 1 fully saturated rings. The molecule has 0 spiro atoms. The Kier molecular flexibility index (Phi) is 4.95. The van der Waals surface area contributed by atoms with Gasteiger partial charge in [-0.3, -0.25) is 14.9 Å². The summed E-state index contributed by atoms with van der Waals surface area (Å²) in [5, 5.41) is 13.6. The average molecular weight is 297 g/mol. The highest BCUT2D eigenvalue weighted by molar-refractivity contribution is 6.32. The lowest BCUT2D eigenvalue weighted by Gasteiger charge is -2.20. The van der Waals surface area contributed by atoms with Gasteiger partial charge in [-0.2, -0.15) is 0 Å². The molecule has 108 valence electrons. The van der Waals surface area contributed by atoms with Gasteiger partial charge in [0.25, 0.3) is 5.69 Å². The van der Waals surface area contributed by atoms with Gasteiger partial charge in [0.1, 0.15) is 5.02 Å². The Hall–Kier alpha value is -1.62. The van der Waals surface area contributed by atoms with Crippen LogP contribution in [0.25, 0.3) is 0 Å². The van der Waals surface area contributed by atoms with Gasteiger partial charge in [0.05, 0.1) is 4.92 Å². The number of nitro benzene ring substituents is 1. The molecule has 0 radical (unpaired) electrons. The predicted molar refractivity (Wildman–Crippen MR) is 77.9 cm³/mol. The number of nitrogens with zero attached hydrogens (tertiary/aromatic N) is 1. The van der Waals surface area contributed by atoms with Gasteiger partial charge < -0.3 is 5.32 Å². The van der Waals surface area contributed by atoms with Gasteiger partial charge in [-0.25, -0.2) is 0 Å². The van der Waals surface area contributed by atoms with Gasteiger partial charge in [-0.1, -0.05) is 30.9 Å². The van der Waals surface area contributed by atoms with Crippen molar-refractivity contribution in [3.8, 4) is 0 Å². The van der Waals surface area contributed by atoms with Gasteiger partial charge in [-0.15, -0.1) is 0 Å². The zero-order chi connectivity index (χ0) is 14.5. The molecule has 1 aliphatic rings. The molecule has 1 amide bonds. The first kappa shape index (κ1) is 14.8. The van der Waals surface area contributed by atoms with Crippen molar-refractivity contribution < 1.29 is 9.72 Å². The van der Waals surface area contributed by atoms with Crippen molar-refractivity contribution in [2.75, 3.05) is 5.32 Å². The zero-order valence-electron chi connectivity index (χ0n) is 11.1. The minimum absolute atomic E-state index is 0.0697. The second kappa shape index (κ2) is 6.70. The van der Waals surface area contributed by atoms with Crippen molar-refractivity contribution in [3.63, 3.8) is 0 Å². The van der Waals surface area contributed by atoms with E-state index < -0.39 is 4.92 Å². The van der Waals surface area contributed by atoms with E-state index in [0.717, 1.165) is 12.8 Å². The molecule has 0 aliphatic heterocycles. The Bertz CT molecular complexity index is 513. The zero-order valence-corrected chi connectivity index (χ0v) is 11.9. The summed E-state index contributed by atoms with van der Waals surface area (Å²) in [6.45, 7) is 0. The van der Waals surface area contributed by atoms with Gasteiger partial charge in [0, 0.05) is 18.2 Å². The first-order chi connectivity index (χ1) is 9.56. The van der Waals surface area contributed by atoms with Gasteiger partial charge in [-0.05, 0) is 30.9 Å². The van der Waals surface area contributed by atoms with Crippen LogP contribution in [-0.4, -0.2) is 10.8 Å². The van der Waals surface area contributed by atoms with E-state index in [2.05, 4.69) is 5.32 Å². The second-order valence-electron chi connectivity index (χ2n) is 5.18. The predicted octanol–water partition coefficient (Wildman–Crippen LogP) is 4.16. The molecule has 0 atom stereocenters.